The summed E-state index contributed by atoms with van der Waals surface area (Å²) >= 11 is 0. The van der Waals surface area contributed by atoms with Crippen LogP contribution in [-0.4, -0.2) is 12.5 Å². The number of hydrogen-bond donors (Lipinski definition) is 2. The Labute approximate surface area is 116 Å². The summed E-state index contributed by atoms with van der Waals surface area (Å²) in [6.45, 7) is 4.59. The van der Waals surface area contributed by atoms with Gasteiger partial charge < -0.3 is 11.1 Å². The number of rotatable bonds is 8. The fourth-order valence-corrected chi connectivity index (χ4v) is 2.04. The molecule has 1 aromatic rings. The topological polar surface area (TPSA) is 55.1 Å². The molecule has 1 amide bonds. The molecule has 0 saturated carbocycles. The van der Waals surface area contributed by atoms with E-state index in [0.717, 1.165) is 18.5 Å². The van der Waals surface area contributed by atoms with Crippen LogP contribution in [0.2, 0.25) is 0 Å². The highest BCUT2D eigenvalue weighted by atomic mass is 16.1. The first-order valence-electron chi connectivity index (χ1n) is 7.31. The molecule has 0 radical (unpaired) electrons. The lowest BCUT2D eigenvalue weighted by Gasteiger charge is -2.13. The molecule has 3 N–H and O–H groups in total. The van der Waals surface area contributed by atoms with E-state index in [2.05, 4.69) is 24.4 Å². The Morgan fingerprint density at radius 1 is 1.21 bits per heavy atom. The average Bonchev–Trinajstić information content (AvgIpc) is 2.42. The first-order valence-corrected chi connectivity index (χ1v) is 7.31. The quantitative estimate of drug-likeness (QED) is 0.706. The zero-order valence-electron chi connectivity index (χ0n) is 12.1. The lowest BCUT2D eigenvalue weighted by molar-refractivity contribution is -0.119. The Morgan fingerprint density at radius 2 is 1.89 bits per heavy atom. The van der Waals surface area contributed by atoms with Crippen LogP contribution >= 0.6 is 0 Å². The fourth-order valence-electron chi connectivity index (χ4n) is 2.04. The first-order chi connectivity index (χ1) is 9.21. The Hall–Kier alpha value is -1.35. The van der Waals surface area contributed by atoms with E-state index in [-0.39, 0.29) is 11.8 Å². The van der Waals surface area contributed by atoms with E-state index in [0.29, 0.717) is 6.54 Å². The van der Waals surface area contributed by atoms with Crippen LogP contribution in [0, 0.1) is 5.92 Å². The van der Waals surface area contributed by atoms with Crippen molar-refractivity contribution in [2.24, 2.45) is 11.7 Å². The molecule has 0 aliphatic heterocycles. The first kappa shape index (κ1) is 15.7. The Balaban J connectivity index is 2.49. The normalized spacial score (nSPS) is 12.2. The largest absolute Gasteiger partial charge is 0.330 e. The summed E-state index contributed by atoms with van der Waals surface area (Å²) in [6, 6.07) is 8.13. The van der Waals surface area contributed by atoms with Gasteiger partial charge in [-0.3, -0.25) is 4.79 Å². The lowest BCUT2D eigenvalue weighted by atomic mass is 10.1. The molecular formula is C16H26N2O. The second-order valence-electron chi connectivity index (χ2n) is 4.98. The van der Waals surface area contributed by atoms with Crippen molar-refractivity contribution in [3.8, 4) is 0 Å². The predicted molar refractivity (Wildman–Crippen MR) is 81.1 cm³/mol. The number of aryl methyl sites for hydroxylation is 1. The van der Waals surface area contributed by atoms with E-state index < -0.39 is 0 Å². The minimum Gasteiger partial charge on any atom is -0.330 e. The number of nitrogens with two attached hydrogens (primary N) is 1. The Bertz CT molecular complexity index is 369. The monoisotopic (exact) mass is 262 g/mol. The molecule has 3 heteroatoms. The van der Waals surface area contributed by atoms with Crippen LogP contribution in [0.3, 0.4) is 0 Å². The zero-order valence-corrected chi connectivity index (χ0v) is 12.1. The van der Waals surface area contributed by atoms with Crippen LogP contribution in [0.15, 0.2) is 24.3 Å². The van der Waals surface area contributed by atoms with Gasteiger partial charge >= 0.3 is 0 Å². The molecule has 0 fully saturated rings. The van der Waals surface area contributed by atoms with E-state index in [4.69, 9.17) is 5.73 Å². The van der Waals surface area contributed by atoms with E-state index >= 15 is 0 Å². The number of benzene rings is 1. The van der Waals surface area contributed by atoms with Gasteiger partial charge in [0.15, 0.2) is 0 Å². The van der Waals surface area contributed by atoms with Gasteiger partial charge in [0, 0.05) is 12.2 Å². The maximum atomic E-state index is 11.9. The SMILES string of the molecule is CCCCCc1ccc(NC(=O)C(CC)CN)cc1. The summed E-state index contributed by atoms with van der Waals surface area (Å²) < 4.78 is 0. The third kappa shape index (κ3) is 5.43. The molecule has 3 nitrogen and oxygen atoms in total. The average molecular weight is 262 g/mol. The maximum absolute atomic E-state index is 11.9. The molecule has 0 aliphatic rings. The smallest absolute Gasteiger partial charge is 0.228 e. The van der Waals surface area contributed by atoms with Gasteiger partial charge in [0.1, 0.15) is 0 Å². The van der Waals surface area contributed by atoms with Gasteiger partial charge in [-0.25, -0.2) is 0 Å². The molecule has 1 atom stereocenters. The molecule has 19 heavy (non-hydrogen) atoms. The summed E-state index contributed by atoms with van der Waals surface area (Å²) in [7, 11) is 0. The van der Waals surface area contributed by atoms with E-state index in [1.807, 2.05) is 19.1 Å². The predicted octanol–water partition coefficient (Wildman–Crippen LogP) is 3.34. The van der Waals surface area contributed by atoms with E-state index in [1.165, 1.54) is 24.8 Å². The number of amides is 1. The molecule has 1 unspecified atom stereocenters. The summed E-state index contributed by atoms with van der Waals surface area (Å²) in [5.74, 6) is -0.0760. The molecule has 0 bridgehead atoms. The molecule has 0 aliphatic carbocycles. The van der Waals surface area contributed by atoms with Crippen molar-refractivity contribution < 1.29 is 4.79 Å². The summed E-state index contributed by atoms with van der Waals surface area (Å²) in [4.78, 5) is 11.9. The Kier molecular flexibility index (Phi) is 7.19. The van der Waals surface area contributed by atoms with Gasteiger partial charge in [0.2, 0.25) is 5.91 Å². The van der Waals surface area contributed by atoms with Crippen LogP contribution in [0.4, 0.5) is 5.69 Å². The lowest BCUT2D eigenvalue weighted by Crippen LogP contribution is -2.28. The summed E-state index contributed by atoms with van der Waals surface area (Å²) in [5.41, 5.74) is 7.76. The van der Waals surface area contributed by atoms with Crippen molar-refractivity contribution in [2.45, 2.75) is 46.0 Å². The number of carbonyl (C=O) groups excluding carboxylic acids is 1. The highest BCUT2D eigenvalue weighted by Crippen LogP contribution is 2.14. The second kappa shape index (κ2) is 8.70. The minimum atomic E-state index is -0.0933. The van der Waals surface area contributed by atoms with Gasteiger partial charge in [-0.2, -0.15) is 0 Å². The summed E-state index contributed by atoms with van der Waals surface area (Å²) in [6.07, 6.45) is 5.63. The van der Waals surface area contributed by atoms with Gasteiger partial charge in [0.25, 0.3) is 0 Å². The van der Waals surface area contributed by atoms with Crippen molar-refractivity contribution in [1.29, 1.82) is 0 Å². The van der Waals surface area contributed by atoms with Crippen LogP contribution in [0.1, 0.15) is 45.1 Å². The highest BCUT2D eigenvalue weighted by Gasteiger charge is 2.14. The Morgan fingerprint density at radius 3 is 2.42 bits per heavy atom. The van der Waals surface area contributed by atoms with Crippen molar-refractivity contribution in [2.75, 3.05) is 11.9 Å². The number of carbonyl (C=O) groups is 1. The highest BCUT2D eigenvalue weighted by molar-refractivity contribution is 5.92. The van der Waals surface area contributed by atoms with Crippen LogP contribution in [0.25, 0.3) is 0 Å². The van der Waals surface area contributed by atoms with Crippen molar-refractivity contribution >= 4 is 11.6 Å². The molecule has 1 rings (SSSR count). The molecular weight excluding hydrogens is 236 g/mol. The van der Waals surface area contributed by atoms with Gasteiger partial charge in [-0.15, -0.1) is 0 Å². The van der Waals surface area contributed by atoms with Crippen molar-refractivity contribution in [3.63, 3.8) is 0 Å². The molecule has 0 saturated heterocycles. The third-order valence-corrected chi connectivity index (χ3v) is 3.44. The third-order valence-electron chi connectivity index (χ3n) is 3.44. The molecule has 0 aromatic heterocycles. The zero-order chi connectivity index (χ0) is 14.1. The molecule has 106 valence electrons. The molecule has 0 spiro atoms. The minimum absolute atomic E-state index is 0.0173. The number of hydrogen-bond acceptors (Lipinski definition) is 2. The number of anilines is 1. The van der Waals surface area contributed by atoms with Crippen LogP contribution in [0.5, 0.6) is 0 Å². The van der Waals surface area contributed by atoms with Gasteiger partial charge in [-0.1, -0.05) is 38.8 Å². The molecule has 0 heterocycles. The second-order valence-corrected chi connectivity index (χ2v) is 4.98. The summed E-state index contributed by atoms with van der Waals surface area (Å²) in [5, 5.41) is 2.92. The fraction of sp³-hybridized carbons (Fsp3) is 0.562. The number of unbranched alkanes of at least 4 members (excludes halogenated alkanes) is 2. The van der Waals surface area contributed by atoms with Crippen LogP contribution < -0.4 is 11.1 Å². The maximum Gasteiger partial charge on any atom is 0.228 e. The molecule has 1 aromatic carbocycles. The number of nitrogens with one attached hydrogen (secondary N) is 1. The van der Waals surface area contributed by atoms with Gasteiger partial charge in [0.05, 0.1) is 5.92 Å². The van der Waals surface area contributed by atoms with Crippen molar-refractivity contribution in [1.82, 2.24) is 0 Å². The standard InChI is InChI=1S/C16H26N2O/c1-3-5-6-7-13-8-10-15(11-9-13)18-16(19)14(4-2)12-17/h8-11,14H,3-7,12,17H2,1-2H3,(H,18,19). The van der Waals surface area contributed by atoms with Crippen LogP contribution in [-0.2, 0) is 11.2 Å². The van der Waals surface area contributed by atoms with E-state index in [9.17, 15) is 4.79 Å². The van der Waals surface area contributed by atoms with E-state index in [1.54, 1.807) is 0 Å². The van der Waals surface area contributed by atoms with Crippen molar-refractivity contribution in [3.05, 3.63) is 29.8 Å². The van der Waals surface area contributed by atoms with Gasteiger partial charge in [-0.05, 0) is 37.0 Å².